The Bertz CT molecular complexity index is 586. The van der Waals surface area contributed by atoms with Crippen molar-refractivity contribution < 1.29 is 19.5 Å². The predicted octanol–water partition coefficient (Wildman–Crippen LogP) is 1.57. The van der Waals surface area contributed by atoms with Crippen molar-refractivity contribution in [3.63, 3.8) is 0 Å². The molecule has 8 heteroatoms. The molecule has 2 rings (SSSR count). The summed E-state index contributed by atoms with van der Waals surface area (Å²) in [7, 11) is 0. The minimum Gasteiger partial charge on any atom is -0.478 e. The number of carbonyl (C=O) groups excluding carboxylic acids is 2. The lowest BCUT2D eigenvalue weighted by molar-refractivity contribution is -0.135. The molecule has 1 aromatic carbocycles. The third-order valence-electron chi connectivity index (χ3n) is 2.26. The number of nitrogens with one attached hydrogen (secondary N) is 1. The highest BCUT2D eigenvalue weighted by atomic mass is 35.5. The van der Waals surface area contributed by atoms with Crippen molar-refractivity contribution in [2.75, 3.05) is 5.43 Å². The van der Waals surface area contributed by atoms with E-state index in [9.17, 15) is 14.4 Å². The highest BCUT2D eigenvalue weighted by Crippen LogP contribution is 2.26. The van der Waals surface area contributed by atoms with Gasteiger partial charge in [-0.3, -0.25) is 15.0 Å². The van der Waals surface area contributed by atoms with Crippen LogP contribution >= 0.6 is 23.2 Å². The molecule has 1 heterocycles. The van der Waals surface area contributed by atoms with Crippen LogP contribution in [0.15, 0.2) is 28.3 Å². The van der Waals surface area contributed by atoms with Gasteiger partial charge in [-0.05, 0) is 24.3 Å². The maximum Gasteiger partial charge on any atom is 0.336 e. The molecule has 6 nitrogen and oxygen atoms in total. The fourth-order valence-electron chi connectivity index (χ4n) is 1.33. The van der Waals surface area contributed by atoms with Gasteiger partial charge in [0.25, 0.3) is 11.8 Å². The molecular formula is C11H5Cl2N2O4. The topological polar surface area (TPSA) is 86.7 Å². The summed E-state index contributed by atoms with van der Waals surface area (Å²) in [6, 6.07) is 6.40. The molecule has 0 saturated heterocycles. The molecule has 0 spiro atoms. The van der Waals surface area contributed by atoms with Gasteiger partial charge in [0.15, 0.2) is 0 Å². The molecule has 19 heavy (non-hydrogen) atoms. The van der Waals surface area contributed by atoms with E-state index in [-0.39, 0.29) is 15.6 Å². The number of halogens is 2. The van der Waals surface area contributed by atoms with Gasteiger partial charge in [-0.25, -0.2) is 4.79 Å². The Hall–Kier alpha value is -2.05. The van der Waals surface area contributed by atoms with Gasteiger partial charge >= 0.3 is 5.97 Å². The predicted molar refractivity (Wildman–Crippen MR) is 66.4 cm³/mol. The number of nitrogens with zero attached hydrogens (tertiary/aromatic N) is 1. The van der Waals surface area contributed by atoms with Gasteiger partial charge in [-0.15, -0.1) is 0 Å². The fraction of sp³-hybridized carbons (Fsp3) is 0. The van der Waals surface area contributed by atoms with Gasteiger partial charge in [0.1, 0.15) is 10.1 Å². The number of carbonyl (C=O) groups is 3. The van der Waals surface area contributed by atoms with E-state index in [0.29, 0.717) is 10.7 Å². The van der Waals surface area contributed by atoms with E-state index in [1.54, 1.807) is 0 Å². The molecular weight excluding hydrogens is 295 g/mol. The van der Waals surface area contributed by atoms with Crippen LogP contribution in [0.2, 0.25) is 0 Å². The molecule has 1 aliphatic rings. The summed E-state index contributed by atoms with van der Waals surface area (Å²) in [5.74, 6) is -2.69. The number of carboxylic acid groups (broad SMARTS) is 1. The number of anilines is 1. The molecule has 0 saturated carbocycles. The van der Waals surface area contributed by atoms with Crippen molar-refractivity contribution in [3.05, 3.63) is 39.9 Å². The van der Waals surface area contributed by atoms with Gasteiger partial charge in [0.2, 0.25) is 0 Å². The minimum absolute atomic E-state index is 0.0428. The monoisotopic (exact) mass is 299 g/mol. The second kappa shape index (κ2) is 4.91. The number of aromatic carboxylic acids is 1. The van der Waals surface area contributed by atoms with Crippen LogP contribution in [0.5, 0.6) is 0 Å². The zero-order chi connectivity index (χ0) is 14.2. The molecule has 2 N–H and O–H groups in total. The minimum atomic E-state index is -1.13. The van der Waals surface area contributed by atoms with Crippen LogP contribution in [0.1, 0.15) is 10.4 Å². The maximum atomic E-state index is 11.6. The third kappa shape index (κ3) is 2.40. The lowest BCUT2D eigenvalue weighted by atomic mass is 10.2. The highest BCUT2D eigenvalue weighted by Gasteiger charge is 2.37. The molecule has 2 amide bonds. The quantitative estimate of drug-likeness (QED) is 0.827. The second-order valence-corrected chi connectivity index (χ2v) is 4.24. The fourth-order valence-corrected chi connectivity index (χ4v) is 1.67. The molecule has 1 aromatic rings. The van der Waals surface area contributed by atoms with Crippen LogP contribution in [0.4, 0.5) is 5.69 Å². The van der Waals surface area contributed by atoms with Crippen molar-refractivity contribution in [1.82, 2.24) is 5.01 Å². The Morgan fingerprint density at radius 2 is 1.79 bits per heavy atom. The molecule has 0 aliphatic carbocycles. The van der Waals surface area contributed by atoms with E-state index >= 15 is 0 Å². The van der Waals surface area contributed by atoms with Gasteiger partial charge in [0.05, 0.1) is 11.3 Å². The molecule has 0 fully saturated rings. The summed E-state index contributed by atoms with van der Waals surface area (Å²) in [4.78, 5) is 33.8. The lowest BCUT2D eigenvalue weighted by Gasteiger charge is -2.16. The summed E-state index contributed by atoms with van der Waals surface area (Å²) in [5.41, 5.74) is 2.72. The van der Waals surface area contributed by atoms with Crippen molar-refractivity contribution in [2.24, 2.45) is 0 Å². The number of rotatable bonds is 3. The lowest BCUT2D eigenvalue weighted by Crippen LogP contribution is -2.36. The van der Waals surface area contributed by atoms with Crippen molar-refractivity contribution >= 4 is 46.7 Å². The first-order valence-electron chi connectivity index (χ1n) is 4.87. The Morgan fingerprint density at radius 1 is 1.21 bits per heavy atom. The zero-order valence-electron chi connectivity index (χ0n) is 9.11. The van der Waals surface area contributed by atoms with E-state index in [2.05, 4.69) is 11.5 Å². The van der Waals surface area contributed by atoms with Crippen molar-refractivity contribution in [3.8, 4) is 0 Å². The van der Waals surface area contributed by atoms with Gasteiger partial charge in [-0.1, -0.05) is 23.2 Å². The van der Waals surface area contributed by atoms with Crippen molar-refractivity contribution in [2.45, 2.75) is 0 Å². The standard InChI is InChI=1S/C11H5Cl2N2O4/c12-7-8(13)10(17)15(9(7)16)14-6-3-1-5(2-4-6)11(18)19/h1,3-4,14H,(H,18,19). The summed E-state index contributed by atoms with van der Waals surface area (Å²) in [5, 5.41) is 8.59. The average molecular weight is 300 g/mol. The van der Waals surface area contributed by atoms with E-state index in [0.717, 1.165) is 0 Å². The van der Waals surface area contributed by atoms with E-state index in [1.165, 1.54) is 18.2 Å². The maximum absolute atomic E-state index is 11.6. The first kappa shape index (κ1) is 13.4. The number of imide groups is 1. The van der Waals surface area contributed by atoms with E-state index in [1.807, 2.05) is 0 Å². The Kier molecular flexibility index (Phi) is 3.46. The van der Waals surface area contributed by atoms with Crippen molar-refractivity contribution in [1.29, 1.82) is 0 Å². The Morgan fingerprint density at radius 3 is 2.21 bits per heavy atom. The molecule has 1 radical (unpaired) electrons. The normalized spacial score (nSPS) is 15.2. The molecule has 0 bridgehead atoms. The summed E-state index contributed by atoms with van der Waals surface area (Å²) in [6.45, 7) is 0. The number of hydrazine groups is 1. The highest BCUT2D eigenvalue weighted by molar-refractivity contribution is 6.58. The smallest absolute Gasteiger partial charge is 0.336 e. The van der Waals surface area contributed by atoms with Crippen LogP contribution in [0.25, 0.3) is 0 Å². The second-order valence-electron chi connectivity index (χ2n) is 3.48. The Labute approximate surface area is 117 Å². The average Bonchev–Trinajstić information content (AvgIpc) is 2.57. The van der Waals surface area contributed by atoms with Crippen LogP contribution in [0.3, 0.4) is 0 Å². The van der Waals surface area contributed by atoms with Crippen LogP contribution < -0.4 is 5.43 Å². The Balaban J connectivity index is 2.17. The third-order valence-corrected chi connectivity index (χ3v) is 3.06. The largest absolute Gasteiger partial charge is 0.478 e. The zero-order valence-corrected chi connectivity index (χ0v) is 10.6. The molecule has 0 atom stereocenters. The van der Waals surface area contributed by atoms with Gasteiger partial charge < -0.3 is 5.11 Å². The molecule has 1 aliphatic heterocycles. The number of hydrogen-bond acceptors (Lipinski definition) is 4. The number of carboxylic acids is 1. The summed E-state index contributed by atoms with van der Waals surface area (Å²) >= 11 is 11.1. The molecule has 97 valence electrons. The number of benzene rings is 1. The summed E-state index contributed by atoms with van der Waals surface area (Å²) in [6.07, 6.45) is 0. The van der Waals surface area contributed by atoms with Crippen LogP contribution in [-0.4, -0.2) is 27.9 Å². The molecule has 0 unspecified atom stereocenters. The first-order valence-corrected chi connectivity index (χ1v) is 5.63. The first-order chi connectivity index (χ1) is 8.91. The number of amides is 2. The van der Waals surface area contributed by atoms with Gasteiger partial charge in [0, 0.05) is 0 Å². The van der Waals surface area contributed by atoms with Gasteiger partial charge in [-0.2, -0.15) is 5.01 Å². The van der Waals surface area contributed by atoms with Crippen LogP contribution in [0, 0.1) is 6.07 Å². The SMILES string of the molecule is O=C(O)c1[c]cc(NN2C(=O)C(Cl)=C(Cl)C2=O)cc1. The molecule has 0 aromatic heterocycles. The van der Waals surface area contributed by atoms with E-state index in [4.69, 9.17) is 28.3 Å². The van der Waals surface area contributed by atoms with Crippen LogP contribution in [-0.2, 0) is 9.59 Å². The number of hydrogen-bond donors (Lipinski definition) is 2. The van der Waals surface area contributed by atoms with E-state index < -0.39 is 17.8 Å². The summed E-state index contributed by atoms with van der Waals surface area (Å²) < 4.78 is 0.